The molecule has 2 unspecified atom stereocenters. The summed E-state index contributed by atoms with van der Waals surface area (Å²) in [5.41, 5.74) is -0.108. The SMILES string of the molecule is CCC1(CC)CC(NC(=O)CC(C)CC(=O)O)CCO1. The summed E-state index contributed by atoms with van der Waals surface area (Å²) in [5.74, 6) is -1.03. The van der Waals surface area contributed by atoms with E-state index in [0.717, 1.165) is 25.7 Å². The van der Waals surface area contributed by atoms with Gasteiger partial charge in [0, 0.05) is 25.5 Å². The Bertz CT molecular complexity index is 339. The summed E-state index contributed by atoms with van der Waals surface area (Å²) in [6.07, 6.45) is 3.89. The van der Waals surface area contributed by atoms with Crippen LogP contribution in [-0.4, -0.2) is 35.2 Å². The van der Waals surface area contributed by atoms with E-state index >= 15 is 0 Å². The van der Waals surface area contributed by atoms with E-state index < -0.39 is 5.97 Å². The zero-order chi connectivity index (χ0) is 15.2. The van der Waals surface area contributed by atoms with Gasteiger partial charge in [-0.2, -0.15) is 0 Å². The van der Waals surface area contributed by atoms with Crippen molar-refractivity contribution in [1.82, 2.24) is 5.32 Å². The van der Waals surface area contributed by atoms with Crippen LogP contribution in [0.25, 0.3) is 0 Å². The minimum atomic E-state index is -0.854. The monoisotopic (exact) mass is 285 g/mol. The first-order chi connectivity index (χ1) is 9.40. The summed E-state index contributed by atoms with van der Waals surface area (Å²) in [7, 11) is 0. The molecule has 0 spiro atoms. The number of rotatable bonds is 7. The molecule has 5 nitrogen and oxygen atoms in total. The van der Waals surface area contributed by atoms with E-state index in [0.29, 0.717) is 6.61 Å². The maximum Gasteiger partial charge on any atom is 0.303 e. The number of hydrogen-bond donors (Lipinski definition) is 2. The zero-order valence-corrected chi connectivity index (χ0v) is 12.8. The van der Waals surface area contributed by atoms with E-state index in [9.17, 15) is 9.59 Å². The van der Waals surface area contributed by atoms with Crippen molar-refractivity contribution in [2.75, 3.05) is 6.61 Å². The van der Waals surface area contributed by atoms with Gasteiger partial charge in [-0.1, -0.05) is 20.8 Å². The number of carbonyl (C=O) groups is 2. The molecule has 0 aromatic rings. The number of hydrogen-bond acceptors (Lipinski definition) is 3. The summed E-state index contributed by atoms with van der Waals surface area (Å²) >= 11 is 0. The molecule has 116 valence electrons. The number of nitrogens with one attached hydrogen (secondary N) is 1. The van der Waals surface area contributed by atoms with Crippen molar-refractivity contribution in [3.05, 3.63) is 0 Å². The van der Waals surface area contributed by atoms with Crippen LogP contribution in [-0.2, 0) is 14.3 Å². The Morgan fingerprint density at radius 3 is 2.55 bits per heavy atom. The van der Waals surface area contributed by atoms with Crippen molar-refractivity contribution >= 4 is 11.9 Å². The Balaban J connectivity index is 2.43. The van der Waals surface area contributed by atoms with Gasteiger partial charge in [-0.25, -0.2) is 0 Å². The number of aliphatic carboxylic acids is 1. The molecular formula is C15H27NO4. The highest BCUT2D eigenvalue weighted by Crippen LogP contribution is 2.31. The molecule has 1 aliphatic heterocycles. The standard InChI is InChI=1S/C15H27NO4/c1-4-15(5-2)10-12(6-7-20-15)16-13(17)8-11(3)9-14(18)19/h11-12H,4-10H2,1-3H3,(H,16,17)(H,18,19). The highest BCUT2D eigenvalue weighted by atomic mass is 16.5. The average Bonchev–Trinajstić information content (AvgIpc) is 2.37. The lowest BCUT2D eigenvalue weighted by Crippen LogP contribution is -2.48. The quantitative estimate of drug-likeness (QED) is 0.753. The van der Waals surface area contributed by atoms with Crippen LogP contribution >= 0.6 is 0 Å². The fourth-order valence-corrected chi connectivity index (χ4v) is 2.87. The van der Waals surface area contributed by atoms with Crippen LogP contribution in [0.4, 0.5) is 0 Å². The second kappa shape index (κ2) is 7.62. The summed E-state index contributed by atoms with van der Waals surface area (Å²) in [5, 5.41) is 11.7. The number of carboxylic acid groups (broad SMARTS) is 1. The number of ether oxygens (including phenoxy) is 1. The molecule has 1 rings (SSSR count). The Morgan fingerprint density at radius 1 is 1.35 bits per heavy atom. The normalized spacial score (nSPS) is 23.1. The lowest BCUT2D eigenvalue weighted by atomic mass is 9.86. The van der Waals surface area contributed by atoms with E-state index in [1.165, 1.54) is 0 Å². The average molecular weight is 285 g/mol. The highest BCUT2D eigenvalue weighted by molar-refractivity contribution is 5.77. The van der Waals surface area contributed by atoms with Gasteiger partial charge < -0.3 is 15.2 Å². The van der Waals surface area contributed by atoms with Crippen molar-refractivity contribution < 1.29 is 19.4 Å². The molecule has 0 aromatic heterocycles. The number of amides is 1. The third-order valence-corrected chi connectivity index (χ3v) is 4.20. The fourth-order valence-electron chi connectivity index (χ4n) is 2.87. The molecular weight excluding hydrogens is 258 g/mol. The topological polar surface area (TPSA) is 75.6 Å². The molecule has 0 saturated carbocycles. The number of carbonyl (C=O) groups excluding carboxylic acids is 1. The van der Waals surface area contributed by atoms with E-state index in [1.54, 1.807) is 6.92 Å². The third kappa shape index (κ3) is 5.12. The molecule has 2 N–H and O–H groups in total. The van der Waals surface area contributed by atoms with Crippen LogP contribution in [0, 0.1) is 5.92 Å². The summed E-state index contributed by atoms with van der Waals surface area (Å²) in [4.78, 5) is 22.5. The van der Waals surface area contributed by atoms with Crippen molar-refractivity contribution in [2.24, 2.45) is 5.92 Å². The Labute approximate surface area is 121 Å². The lowest BCUT2D eigenvalue weighted by Gasteiger charge is -2.40. The fraction of sp³-hybridized carbons (Fsp3) is 0.867. The van der Waals surface area contributed by atoms with Crippen LogP contribution in [0.1, 0.15) is 59.3 Å². The van der Waals surface area contributed by atoms with Crippen molar-refractivity contribution in [3.63, 3.8) is 0 Å². The molecule has 0 aliphatic carbocycles. The predicted molar refractivity (Wildman–Crippen MR) is 76.5 cm³/mol. The van der Waals surface area contributed by atoms with E-state index in [1.807, 2.05) is 0 Å². The van der Waals surface area contributed by atoms with Gasteiger partial charge in [0.15, 0.2) is 0 Å². The smallest absolute Gasteiger partial charge is 0.303 e. The summed E-state index contributed by atoms with van der Waals surface area (Å²) < 4.78 is 5.88. The molecule has 1 saturated heterocycles. The maximum absolute atomic E-state index is 11.9. The third-order valence-electron chi connectivity index (χ3n) is 4.20. The van der Waals surface area contributed by atoms with E-state index in [-0.39, 0.29) is 36.3 Å². The summed E-state index contributed by atoms with van der Waals surface area (Å²) in [6, 6.07) is 0.146. The van der Waals surface area contributed by atoms with Gasteiger partial charge in [0.05, 0.1) is 5.60 Å². The van der Waals surface area contributed by atoms with Gasteiger partial charge in [0.2, 0.25) is 5.91 Å². The van der Waals surface area contributed by atoms with Crippen molar-refractivity contribution in [3.8, 4) is 0 Å². The molecule has 1 fully saturated rings. The first-order valence-corrected chi connectivity index (χ1v) is 7.56. The molecule has 20 heavy (non-hydrogen) atoms. The molecule has 1 amide bonds. The van der Waals surface area contributed by atoms with Crippen LogP contribution in [0.2, 0.25) is 0 Å². The predicted octanol–water partition coefficient (Wildman–Crippen LogP) is 2.34. The zero-order valence-electron chi connectivity index (χ0n) is 12.8. The van der Waals surface area contributed by atoms with E-state index in [4.69, 9.17) is 9.84 Å². The van der Waals surface area contributed by atoms with Crippen molar-refractivity contribution in [2.45, 2.75) is 70.9 Å². The molecule has 2 atom stereocenters. The highest BCUT2D eigenvalue weighted by Gasteiger charge is 2.35. The first-order valence-electron chi connectivity index (χ1n) is 7.56. The van der Waals surface area contributed by atoms with Crippen molar-refractivity contribution in [1.29, 1.82) is 0 Å². The van der Waals surface area contributed by atoms with Gasteiger partial charge in [-0.15, -0.1) is 0 Å². The lowest BCUT2D eigenvalue weighted by molar-refractivity contribution is -0.138. The molecule has 1 aliphatic rings. The van der Waals surface area contributed by atoms with Gasteiger partial charge >= 0.3 is 5.97 Å². The van der Waals surface area contributed by atoms with Crippen LogP contribution in [0.3, 0.4) is 0 Å². The van der Waals surface area contributed by atoms with Gasteiger partial charge in [-0.3, -0.25) is 9.59 Å². The van der Waals surface area contributed by atoms with Gasteiger partial charge in [0.25, 0.3) is 0 Å². The minimum Gasteiger partial charge on any atom is -0.481 e. The van der Waals surface area contributed by atoms with Crippen LogP contribution in [0.15, 0.2) is 0 Å². The second-order valence-electron chi connectivity index (χ2n) is 5.90. The van der Waals surface area contributed by atoms with Crippen LogP contribution < -0.4 is 5.32 Å². The van der Waals surface area contributed by atoms with E-state index in [2.05, 4.69) is 19.2 Å². The summed E-state index contributed by atoms with van der Waals surface area (Å²) in [6.45, 7) is 6.70. The maximum atomic E-state index is 11.9. The Kier molecular flexibility index (Phi) is 6.46. The Hall–Kier alpha value is -1.10. The molecule has 1 heterocycles. The molecule has 5 heteroatoms. The Morgan fingerprint density at radius 2 is 2.00 bits per heavy atom. The second-order valence-corrected chi connectivity index (χ2v) is 5.90. The van der Waals surface area contributed by atoms with Gasteiger partial charge in [-0.05, 0) is 31.6 Å². The number of carboxylic acids is 1. The minimum absolute atomic E-state index is 0.0368. The first kappa shape index (κ1) is 17.0. The molecule has 0 radical (unpaired) electrons. The molecule has 0 bridgehead atoms. The largest absolute Gasteiger partial charge is 0.481 e. The van der Waals surface area contributed by atoms with Gasteiger partial charge in [0.1, 0.15) is 0 Å². The van der Waals surface area contributed by atoms with Crippen LogP contribution in [0.5, 0.6) is 0 Å². The molecule has 0 aromatic carbocycles.